The fourth-order valence-corrected chi connectivity index (χ4v) is 3.39. The van der Waals surface area contributed by atoms with Gasteiger partial charge in [-0.3, -0.25) is 9.67 Å². The van der Waals surface area contributed by atoms with E-state index in [1.54, 1.807) is 0 Å². The number of nitrogens with zero attached hydrogens (tertiary/aromatic N) is 4. The van der Waals surface area contributed by atoms with Crippen molar-refractivity contribution in [2.24, 2.45) is 4.99 Å². The second-order valence-corrected chi connectivity index (χ2v) is 7.31. The molecule has 1 unspecified atom stereocenters. The molecule has 1 aliphatic heterocycles. The highest BCUT2D eigenvalue weighted by atomic mass is 15.3. The topological polar surface area (TPSA) is 57.5 Å². The number of rotatable bonds is 7. The smallest absolute Gasteiger partial charge is 0.191 e. The summed E-state index contributed by atoms with van der Waals surface area (Å²) in [6.07, 6.45) is 6.09. The summed E-state index contributed by atoms with van der Waals surface area (Å²) in [7, 11) is 0. The molecule has 1 aromatic heterocycles. The standard InChI is InChI=1S/C21H32N6/c1-4-22-21(23-11-5-12-27-15-18(3)14-24-27)25-19-10-13-26(16-19)20-8-6-17(2)7-9-20/h6-9,14-15,19H,4-5,10-13,16H2,1-3H3,(H2,22,23,25). The van der Waals surface area contributed by atoms with Gasteiger partial charge in [-0.2, -0.15) is 5.10 Å². The molecule has 1 aromatic carbocycles. The van der Waals surface area contributed by atoms with Crippen molar-refractivity contribution in [3.8, 4) is 0 Å². The number of hydrogen-bond donors (Lipinski definition) is 2. The quantitative estimate of drug-likeness (QED) is 0.448. The van der Waals surface area contributed by atoms with Crippen molar-refractivity contribution in [1.29, 1.82) is 0 Å². The molecule has 1 saturated heterocycles. The van der Waals surface area contributed by atoms with Gasteiger partial charge in [0.25, 0.3) is 0 Å². The van der Waals surface area contributed by atoms with Crippen molar-refractivity contribution in [2.75, 3.05) is 31.1 Å². The predicted molar refractivity (Wildman–Crippen MR) is 112 cm³/mol. The van der Waals surface area contributed by atoms with Gasteiger partial charge in [-0.1, -0.05) is 17.7 Å². The summed E-state index contributed by atoms with van der Waals surface area (Å²) in [4.78, 5) is 7.19. The predicted octanol–water partition coefficient (Wildman–Crippen LogP) is 2.72. The van der Waals surface area contributed by atoms with Crippen LogP contribution in [0.5, 0.6) is 0 Å². The summed E-state index contributed by atoms with van der Waals surface area (Å²) in [5.74, 6) is 0.921. The minimum Gasteiger partial charge on any atom is -0.369 e. The van der Waals surface area contributed by atoms with Crippen LogP contribution < -0.4 is 15.5 Å². The van der Waals surface area contributed by atoms with Crippen LogP contribution in [0, 0.1) is 13.8 Å². The molecule has 1 atom stereocenters. The zero-order valence-corrected chi connectivity index (χ0v) is 16.8. The van der Waals surface area contributed by atoms with E-state index < -0.39 is 0 Å². The second-order valence-electron chi connectivity index (χ2n) is 7.31. The zero-order chi connectivity index (χ0) is 19.1. The van der Waals surface area contributed by atoms with Gasteiger partial charge >= 0.3 is 0 Å². The van der Waals surface area contributed by atoms with Crippen LogP contribution in [0.1, 0.15) is 30.9 Å². The van der Waals surface area contributed by atoms with E-state index in [2.05, 4.69) is 71.9 Å². The Kier molecular flexibility index (Phi) is 6.74. The summed E-state index contributed by atoms with van der Waals surface area (Å²) in [5.41, 5.74) is 3.81. The van der Waals surface area contributed by atoms with E-state index >= 15 is 0 Å². The number of hydrogen-bond acceptors (Lipinski definition) is 3. The van der Waals surface area contributed by atoms with E-state index in [1.165, 1.54) is 16.8 Å². The molecular formula is C21H32N6. The first-order valence-electron chi connectivity index (χ1n) is 9.99. The SMILES string of the molecule is CCNC(=NCCCn1cc(C)cn1)NC1CCN(c2ccc(C)cc2)C1. The summed E-state index contributed by atoms with van der Waals surface area (Å²) in [5, 5.41) is 11.3. The Labute approximate surface area is 162 Å². The molecule has 2 heterocycles. The van der Waals surface area contributed by atoms with Gasteiger partial charge in [0.1, 0.15) is 0 Å². The Bertz CT molecular complexity index is 733. The van der Waals surface area contributed by atoms with E-state index in [9.17, 15) is 0 Å². The number of aliphatic imine (C=N–C) groups is 1. The molecule has 0 spiro atoms. The number of aromatic nitrogens is 2. The molecule has 1 fully saturated rings. The highest BCUT2D eigenvalue weighted by Gasteiger charge is 2.23. The monoisotopic (exact) mass is 368 g/mol. The molecule has 0 radical (unpaired) electrons. The van der Waals surface area contributed by atoms with Gasteiger partial charge in [0.15, 0.2) is 5.96 Å². The lowest BCUT2D eigenvalue weighted by atomic mass is 10.2. The molecule has 2 aromatic rings. The van der Waals surface area contributed by atoms with Crippen LogP contribution in [-0.2, 0) is 6.54 Å². The third-order valence-electron chi connectivity index (χ3n) is 4.85. The Morgan fingerprint density at radius 3 is 2.74 bits per heavy atom. The van der Waals surface area contributed by atoms with Gasteiger partial charge in [0.05, 0.1) is 6.20 Å². The van der Waals surface area contributed by atoms with Gasteiger partial charge in [-0.15, -0.1) is 0 Å². The number of anilines is 1. The third-order valence-corrected chi connectivity index (χ3v) is 4.85. The average Bonchev–Trinajstić information content (AvgIpc) is 3.28. The van der Waals surface area contributed by atoms with E-state index in [1.807, 2.05) is 10.9 Å². The van der Waals surface area contributed by atoms with Crippen LogP contribution in [-0.4, -0.2) is 48.0 Å². The number of aryl methyl sites for hydroxylation is 3. The molecule has 3 rings (SSSR count). The average molecular weight is 369 g/mol. The minimum atomic E-state index is 0.429. The molecule has 0 saturated carbocycles. The lowest BCUT2D eigenvalue weighted by Crippen LogP contribution is -2.44. The van der Waals surface area contributed by atoms with Gasteiger partial charge in [0, 0.05) is 50.6 Å². The molecule has 6 heteroatoms. The Hall–Kier alpha value is -2.50. The lowest BCUT2D eigenvalue weighted by Gasteiger charge is -2.20. The molecule has 0 aliphatic carbocycles. The summed E-state index contributed by atoms with van der Waals surface area (Å²) in [6, 6.07) is 9.23. The molecule has 2 N–H and O–H groups in total. The lowest BCUT2D eigenvalue weighted by molar-refractivity contribution is 0.581. The Morgan fingerprint density at radius 2 is 2.04 bits per heavy atom. The van der Waals surface area contributed by atoms with Crippen LogP contribution >= 0.6 is 0 Å². The Morgan fingerprint density at radius 1 is 1.22 bits per heavy atom. The highest BCUT2D eigenvalue weighted by Crippen LogP contribution is 2.20. The van der Waals surface area contributed by atoms with Crippen LogP contribution in [0.15, 0.2) is 41.7 Å². The molecule has 27 heavy (non-hydrogen) atoms. The molecule has 6 nitrogen and oxygen atoms in total. The van der Waals surface area contributed by atoms with E-state index in [-0.39, 0.29) is 0 Å². The second kappa shape index (κ2) is 9.44. The number of guanidine groups is 1. The van der Waals surface area contributed by atoms with E-state index in [0.29, 0.717) is 6.04 Å². The molecule has 1 aliphatic rings. The van der Waals surface area contributed by atoms with Crippen LogP contribution in [0.25, 0.3) is 0 Å². The third kappa shape index (κ3) is 5.74. The summed E-state index contributed by atoms with van der Waals surface area (Å²) in [6.45, 7) is 11.0. The largest absolute Gasteiger partial charge is 0.369 e. The first-order valence-corrected chi connectivity index (χ1v) is 9.99. The number of nitrogens with one attached hydrogen (secondary N) is 2. The van der Waals surface area contributed by atoms with E-state index in [0.717, 1.165) is 51.5 Å². The molecule has 146 valence electrons. The fourth-order valence-electron chi connectivity index (χ4n) is 3.39. The van der Waals surface area contributed by atoms with Crippen LogP contribution in [0.4, 0.5) is 5.69 Å². The van der Waals surface area contributed by atoms with Crippen molar-refractivity contribution in [3.05, 3.63) is 47.8 Å². The van der Waals surface area contributed by atoms with Crippen molar-refractivity contribution < 1.29 is 0 Å². The van der Waals surface area contributed by atoms with Crippen LogP contribution in [0.2, 0.25) is 0 Å². The molecular weight excluding hydrogens is 336 g/mol. The number of benzene rings is 1. The van der Waals surface area contributed by atoms with Crippen LogP contribution in [0.3, 0.4) is 0 Å². The maximum Gasteiger partial charge on any atom is 0.191 e. The minimum absolute atomic E-state index is 0.429. The highest BCUT2D eigenvalue weighted by molar-refractivity contribution is 5.80. The maximum atomic E-state index is 4.74. The van der Waals surface area contributed by atoms with Gasteiger partial charge in [0.2, 0.25) is 0 Å². The van der Waals surface area contributed by atoms with Crippen molar-refractivity contribution >= 4 is 11.6 Å². The Balaban J connectivity index is 1.47. The summed E-state index contributed by atoms with van der Waals surface area (Å²) >= 11 is 0. The van der Waals surface area contributed by atoms with Crippen molar-refractivity contribution in [2.45, 2.75) is 46.2 Å². The van der Waals surface area contributed by atoms with E-state index in [4.69, 9.17) is 4.99 Å². The zero-order valence-electron chi connectivity index (χ0n) is 16.8. The van der Waals surface area contributed by atoms with Gasteiger partial charge < -0.3 is 15.5 Å². The summed E-state index contributed by atoms with van der Waals surface area (Å²) < 4.78 is 1.99. The fraction of sp³-hybridized carbons (Fsp3) is 0.524. The van der Waals surface area contributed by atoms with Crippen molar-refractivity contribution in [3.63, 3.8) is 0 Å². The first-order chi connectivity index (χ1) is 13.1. The maximum absolute atomic E-state index is 4.74. The first kappa shape index (κ1) is 19.3. The van der Waals surface area contributed by atoms with Gasteiger partial charge in [-0.05, 0) is 51.3 Å². The molecule has 0 amide bonds. The van der Waals surface area contributed by atoms with Crippen molar-refractivity contribution in [1.82, 2.24) is 20.4 Å². The normalized spacial score (nSPS) is 17.4. The van der Waals surface area contributed by atoms with Gasteiger partial charge in [-0.25, -0.2) is 0 Å². The molecule has 0 bridgehead atoms.